The molecule has 0 saturated carbocycles. The van der Waals surface area contributed by atoms with Crippen LogP contribution in [0, 0.1) is 0 Å². The molecule has 0 spiro atoms. The van der Waals surface area contributed by atoms with Crippen molar-refractivity contribution >= 4 is 43.5 Å². The Balaban J connectivity index is 1.15. The van der Waals surface area contributed by atoms with Gasteiger partial charge in [-0.05, 0) is 73.1 Å². The van der Waals surface area contributed by atoms with Crippen LogP contribution in [-0.4, -0.2) is 9.97 Å². The van der Waals surface area contributed by atoms with Gasteiger partial charge in [0.05, 0.1) is 11.4 Å². The summed E-state index contributed by atoms with van der Waals surface area (Å²) in [5, 5.41) is 7.08. The van der Waals surface area contributed by atoms with Crippen molar-refractivity contribution < 1.29 is 4.42 Å². The Labute approximate surface area is 313 Å². The van der Waals surface area contributed by atoms with Gasteiger partial charge in [0.2, 0.25) is 0 Å². The van der Waals surface area contributed by atoms with Gasteiger partial charge in [-0.25, -0.2) is 9.97 Å². The molecule has 0 bridgehead atoms. The van der Waals surface area contributed by atoms with Crippen molar-refractivity contribution in [2.24, 2.45) is 0 Å². The number of nitrogens with zero attached hydrogens (tertiary/aromatic N) is 2. The van der Waals surface area contributed by atoms with E-state index in [1.807, 2.05) is 30.3 Å². The molecule has 1 aliphatic rings. The second-order valence-electron chi connectivity index (χ2n) is 14.9. The van der Waals surface area contributed by atoms with Crippen molar-refractivity contribution in [1.82, 2.24) is 9.97 Å². The highest BCUT2D eigenvalue weighted by atomic mass is 16.3. The zero-order valence-electron chi connectivity index (χ0n) is 30.0. The molecule has 0 atom stereocenters. The molecule has 3 heteroatoms. The van der Waals surface area contributed by atoms with E-state index in [-0.39, 0.29) is 5.41 Å². The number of hydrogen-bond donors (Lipinski definition) is 0. The second-order valence-corrected chi connectivity index (χ2v) is 14.9. The fourth-order valence-electron chi connectivity index (χ4n) is 8.92. The molecule has 11 rings (SSSR count). The molecule has 0 fully saturated rings. The molecular weight excluding hydrogens is 657 g/mol. The maximum atomic E-state index is 6.51. The van der Waals surface area contributed by atoms with Gasteiger partial charge in [0.15, 0.2) is 5.82 Å². The summed E-state index contributed by atoms with van der Waals surface area (Å²) in [5.41, 5.74) is 14.1. The number of benzene rings is 8. The maximum Gasteiger partial charge on any atom is 0.160 e. The van der Waals surface area contributed by atoms with Crippen molar-refractivity contribution in [3.63, 3.8) is 0 Å². The van der Waals surface area contributed by atoms with E-state index in [1.54, 1.807) is 0 Å². The third-order valence-electron chi connectivity index (χ3n) is 11.5. The third kappa shape index (κ3) is 4.48. The lowest BCUT2D eigenvalue weighted by Gasteiger charge is -2.22. The van der Waals surface area contributed by atoms with Crippen LogP contribution in [0.25, 0.3) is 99.6 Å². The van der Waals surface area contributed by atoms with E-state index in [0.29, 0.717) is 5.82 Å². The fraction of sp³-hybridized carbons (Fsp3) is 0.0588. The van der Waals surface area contributed by atoms with E-state index in [2.05, 4.69) is 153 Å². The van der Waals surface area contributed by atoms with Crippen molar-refractivity contribution in [3.05, 3.63) is 181 Å². The number of fused-ring (bicyclic) bond motifs is 9. The van der Waals surface area contributed by atoms with E-state index in [9.17, 15) is 0 Å². The fourth-order valence-corrected chi connectivity index (χ4v) is 8.92. The highest BCUT2D eigenvalue weighted by molar-refractivity contribution is 6.12. The number of rotatable bonds is 4. The van der Waals surface area contributed by atoms with Gasteiger partial charge in [0, 0.05) is 32.9 Å². The predicted molar refractivity (Wildman–Crippen MR) is 224 cm³/mol. The molecule has 54 heavy (non-hydrogen) atoms. The molecule has 2 aromatic heterocycles. The van der Waals surface area contributed by atoms with Gasteiger partial charge >= 0.3 is 0 Å². The third-order valence-corrected chi connectivity index (χ3v) is 11.5. The quantitative estimate of drug-likeness (QED) is 0.184. The van der Waals surface area contributed by atoms with E-state index >= 15 is 0 Å². The monoisotopic (exact) mass is 690 g/mol. The molecule has 0 saturated heterocycles. The molecule has 0 aliphatic heterocycles. The van der Waals surface area contributed by atoms with Crippen LogP contribution < -0.4 is 0 Å². The van der Waals surface area contributed by atoms with Crippen LogP contribution in [0.15, 0.2) is 174 Å². The van der Waals surface area contributed by atoms with Gasteiger partial charge < -0.3 is 4.42 Å². The van der Waals surface area contributed by atoms with Crippen LogP contribution in [0.4, 0.5) is 0 Å². The van der Waals surface area contributed by atoms with Crippen LogP contribution in [0.2, 0.25) is 0 Å². The highest BCUT2D eigenvalue weighted by Crippen LogP contribution is 2.55. The Kier molecular flexibility index (Phi) is 6.60. The Bertz CT molecular complexity index is 3130. The minimum Gasteiger partial charge on any atom is -0.455 e. The first-order chi connectivity index (χ1) is 26.5. The van der Waals surface area contributed by atoms with Gasteiger partial charge in [-0.2, -0.15) is 0 Å². The molecule has 0 unspecified atom stereocenters. The molecule has 3 nitrogen and oxygen atoms in total. The van der Waals surface area contributed by atoms with Crippen LogP contribution in [-0.2, 0) is 5.41 Å². The summed E-state index contributed by atoms with van der Waals surface area (Å²) in [7, 11) is 0. The summed E-state index contributed by atoms with van der Waals surface area (Å²) in [6.07, 6.45) is 0. The smallest absolute Gasteiger partial charge is 0.160 e. The van der Waals surface area contributed by atoms with Crippen LogP contribution in [0.5, 0.6) is 0 Å². The average molecular weight is 691 g/mol. The SMILES string of the molecule is CC1(C)c2cccc(-c3ccc(-c4cc(-c5cccc6c5oc5ccccc56)nc(-c5ccccc5)n4)c4ccccc34)c2-c2c1ccc1ccccc21. The highest BCUT2D eigenvalue weighted by Gasteiger charge is 2.38. The lowest BCUT2D eigenvalue weighted by Crippen LogP contribution is -2.14. The first kappa shape index (κ1) is 30.8. The van der Waals surface area contributed by atoms with Gasteiger partial charge in [-0.3, -0.25) is 0 Å². The second kappa shape index (κ2) is 11.6. The number of para-hydroxylation sites is 2. The molecule has 0 amide bonds. The standard InChI is InChI=1S/C51H34N2O/c1-51(2)42-24-13-21-39(48(42)47-33-17-7-6-14-31(33)26-29-43(47)51)36-27-28-37(35-19-9-8-18-34(35)36)44-30-45(53-50(52-44)32-15-4-3-5-16-32)41-23-12-22-40-38-20-10-11-25-46(38)54-49(40)41/h3-30H,1-2H3. The Hall–Kier alpha value is -6.84. The molecule has 2 heterocycles. The topological polar surface area (TPSA) is 38.9 Å². The number of hydrogen-bond acceptors (Lipinski definition) is 3. The summed E-state index contributed by atoms with van der Waals surface area (Å²) in [4.78, 5) is 10.5. The van der Waals surface area contributed by atoms with E-state index in [0.717, 1.165) is 55.4 Å². The number of aromatic nitrogens is 2. The Morgan fingerprint density at radius 2 is 1.04 bits per heavy atom. The summed E-state index contributed by atoms with van der Waals surface area (Å²) in [6, 6.07) is 60.5. The summed E-state index contributed by atoms with van der Waals surface area (Å²) in [6.45, 7) is 4.72. The van der Waals surface area contributed by atoms with Crippen LogP contribution >= 0.6 is 0 Å². The van der Waals surface area contributed by atoms with Crippen LogP contribution in [0.3, 0.4) is 0 Å². The normalized spacial score (nSPS) is 13.1. The molecule has 8 aromatic carbocycles. The van der Waals surface area contributed by atoms with Crippen molar-refractivity contribution in [2.45, 2.75) is 19.3 Å². The zero-order chi connectivity index (χ0) is 36.0. The first-order valence-corrected chi connectivity index (χ1v) is 18.6. The number of furan rings is 1. The Morgan fingerprint density at radius 1 is 0.426 bits per heavy atom. The predicted octanol–water partition coefficient (Wildman–Crippen LogP) is 13.7. The largest absolute Gasteiger partial charge is 0.455 e. The van der Waals surface area contributed by atoms with Crippen LogP contribution in [0.1, 0.15) is 25.0 Å². The molecule has 10 aromatic rings. The lowest BCUT2D eigenvalue weighted by molar-refractivity contribution is 0.661. The summed E-state index contributed by atoms with van der Waals surface area (Å²) in [5.74, 6) is 0.677. The van der Waals surface area contributed by atoms with E-state index < -0.39 is 0 Å². The molecule has 1 aliphatic carbocycles. The van der Waals surface area contributed by atoms with E-state index in [1.165, 1.54) is 49.5 Å². The Morgan fingerprint density at radius 3 is 1.87 bits per heavy atom. The van der Waals surface area contributed by atoms with Gasteiger partial charge in [-0.1, -0.05) is 166 Å². The van der Waals surface area contributed by atoms with Gasteiger partial charge in [0.1, 0.15) is 11.2 Å². The summed E-state index contributed by atoms with van der Waals surface area (Å²) < 4.78 is 6.51. The van der Waals surface area contributed by atoms with Gasteiger partial charge in [0.25, 0.3) is 0 Å². The lowest BCUT2D eigenvalue weighted by atomic mass is 9.81. The van der Waals surface area contributed by atoms with Crippen molar-refractivity contribution in [2.75, 3.05) is 0 Å². The minimum absolute atomic E-state index is 0.117. The molecule has 0 radical (unpaired) electrons. The average Bonchev–Trinajstić information content (AvgIpc) is 3.73. The van der Waals surface area contributed by atoms with Crippen molar-refractivity contribution in [1.29, 1.82) is 0 Å². The molecule has 254 valence electrons. The maximum absolute atomic E-state index is 6.51. The first-order valence-electron chi connectivity index (χ1n) is 18.6. The minimum atomic E-state index is -0.117. The summed E-state index contributed by atoms with van der Waals surface area (Å²) >= 11 is 0. The van der Waals surface area contributed by atoms with Crippen molar-refractivity contribution in [3.8, 4) is 56.2 Å². The molecular formula is C51H34N2O. The van der Waals surface area contributed by atoms with E-state index in [4.69, 9.17) is 14.4 Å². The molecule has 0 N–H and O–H groups in total. The zero-order valence-corrected chi connectivity index (χ0v) is 30.0. The van der Waals surface area contributed by atoms with Gasteiger partial charge in [-0.15, -0.1) is 0 Å².